The standard InChI is InChI=1S/C26H24BrClN2O5S/c1-35-25-11-7-19(14-22(25)24(31)13-16-2-5-18(27)6-3-16)30-26(32)21-12-17(4-10-23(21)28)15-29-36(33,34)20-8-9-20/h2-7,10-12,14,20,29H,8-9,13,15H2,1H3,(H,30,32). The Labute approximate surface area is 223 Å². The molecule has 4 rings (SSSR count). The lowest BCUT2D eigenvalue weighted by Crippen LogP contribution is -2.26. The van der Waals surface area contributed by atoms with Crippen LogP contribution in [0.2, 0.25) is 5.02 Å². The van der Waals surface area contributed by atoms with Crippen molar-refractivity contribution >= 4 is 54.9 Å². The van der Waals surface area contributed by atoms with Gasteiger partial charge in [0.25, 0.3) is 5.91 Å². The van der Waals surface area contributed by atoms with E-state index in [1.807, 2.05) is 24.3 Å². The largest absolute Gasteiger partial charge is 0.496 e. The molecular weight excluding hydrogens is 568 g/mol. The first-order valence-electron chi connectivity index (χ1n) is 11.2. The van der Waals surface area contributed by atoms with Crippen molar-refractivity contribution in [3.63, 3.8) is 0 Å². The van der Waals surface area contributed by atoms with Crippen LogP contribution in [0, 0.1) is 0 Å². The predicted molar refractivity (Wildman–Crippen MR) is 143 cm³/mol. The molecule has 7 nitrogen and oxygen atoms in total. The van der Waals surface area contributed by atoms with Gasteiger partial charge in [0.1, 0.15) is 5.75 Å². The first-order chi connectivity index (χ1) is 17.2. The SMILES string of the molecule is COc1ccc(NC(=O)c2cc(CNS(=O)(=O)C3CC3)ccc2Cl)cc1C(=O)Cc1ccc(Br)cc1. The molecule has 0 radical (unpaired) electrons. The lowest BCUT2D eigenvalue weighted by molar-refractivity contribution is 0.0987. The Bertz CT molecular complexity index is 1410. The van der Waals surface area contributed by atoms with Crippen LogP contribution in [0.5, 0.6) is 5.75 Å². The molecule has 2 N–H and O–H groups in total. The Morgan fingerprint density at radius 3 is 2.36 bits per heavy atom. The molecule has 3 aromatic rings. The lowest BCUT2D eigenvalue weighted by atomic mass is 10.0. The Balaban J connectivity index is 1.50. The highest BCUT2D eigenvalue weighted by molar-refractivity contribution is 9.10. The van der Waals surface area contributed by atoms with Gasteiger partial charge in [0.05, 0.1) is 28.5 Å². The summed E-state index contributed by atoms with van der Waals surface area (Å²) in [6, 6.07) is 17.1. The van der Waals surface area contributed by atoms with E-state index in [0.717, 1.165) is 10.0 Å². The van der Waals surface area contributed by atoms with Gasteiger partial charge < -0.3 is 10.1 Å². The molecule has 1 amide bonds. The maximum absolute atomic E-state index is 13.0. The van der Waals surface area contributed by atoms with Crippen molar-refractivity contribution in [2.24, 2.45) is 0 Å². The second-order valence-electron chi connectivity index (χ2n) is 8.48. The van der Waals surface area contributed by atoms with Crippen molar-refractivity contribution in [3.8, 4) is 5.75 Å². The van der Waals surface area contributed by atoms with Crippen LogP contribution in [0.3, 0.4) is 0 Å². The minimum absolute atomic E-state index is 0.0630. The van der Waals surface area contributed by atoms with Crippen LogP contribution >= 0.6 is 27.5 Å². The van der Waals surface area contributed by atoms with E-state index in [0.29, 0.717) is 35.4 Å². The summed E-state index contributed by atoms with van der Waals surface area (Å²) in [4.78, 5) is 26.0. The van der Waals surface area contributed by atoms with Crippen molar-refractivity contribution in [1.29, 1.82) is 0 Å². The molecule has 0 atom stereocenters. The van der Waals surface area contributed by atoms with Crippen LogP contribution in [-0.2, 0) is 23.0 Å². The molecule has 3 aromatic carbocycles. The molecule has 1 saturated carbocycles. The highest BCUT2D eigenvalue weighted by Gasteiger charge is 2.35. The average molecular weight is 592 g/mol. The van der Waals surface area contributed by atoms with E-state index in [9.17, 15) is 18.0 Å². The molecular formula is C26H24BrClN2O5S. The molecule has 0 bridgehead atoms. The molecule has 1 aliphatic rings. The summed E-state index contributed by atoms with van der Waals surface area (Å²) in [5, 5.41) is 2.66. The highest BCUT2D eigenvalue weighted by atomic mass is 79.9. The van der Waals surface area contributed by atoms with E-state index in [2.05, 4.69) is 26.0 Å². The van der Waals surface area contributed by atoms with Gasteiger partial charge in [0.2, 0.25) is 10.0 Å². The molecule has 0 saturated heterocycles. The molecule has 0 heterocycles. The molecule has 10 heteroatoms. The van der Waals surface area contributed by atoms with Crippen molar-refractivity contribution in [2.75, 3.05) is 12.4 Å². The number of carbonyl (C=O) groups excluding carboxylic acids is 2. The predicted octanol–water partition coefficient (Wildman–Crippen LogP) is 5.37. The number of halogens is 2. The average Bonchev–Trinajstić information content (AvgIpc) is 3.71. The number of ketones is 1. The van der Waals surface area contributed by atoms with Crippen LogP contribution in [0.4, 0.5) is 5.69 Å². The second kappa shape index (κ2) is 11.1. The van der Waals surface area contributed by atoms with Gasteiger partial charge in [-0.05, 0) is 66.4 Å². The Morgan fingerprint density at radius 2 is 1.69 bits per heavy atom. The lowest BCUT2D eigenvalue weighted by Gasteiger charge is -2.13. The zero-order valence-electron chi connectivity index (χ0n) is 19.4. The first-order valence-corrected chi connectivity index (χ1v) is 13.9. The number of methoxy groups -OCH3 is 1. The minimum Gasteiger partial charge on any atom is -0.496 e. The third-order valence-corrected chi connectivity index (χ3v) is 8.51. The molecule has 36 heavy (non-hydrogen) atoms. The number of Topliss-reactive ketones (excluding diaryl/α,β-unsaturated/α-hetero) is 1. The number of rotatable bonds is 10. The van der Waals surface area contributed by atoms with Gasteiger partial charge in [-0.3, -0.25) is 9.59 Å². The van der Waals surface area contributed by atoms with Crippen molar-refractivity contribution in [3.05, 3.63) is 92.4 Å². The summed E-state index contributed by atoms with van der Waals surface area (Å²) in [7, 11) is -1.87. The zero-order valence-corrected chi connectivity index (χ0v) is 22.5. The number of nitrogens with one attached hydrogen (secondary N) is 2. The molecule has 0 aliphatic heterocycles. The number of hydrogen-bond donors (Lipinski definition) is 2. The molecule has 1 fully saturated rings. The van der Waals surface area contributed by atoms with Crippen LogP contribution in [0.15, 0.2) is 65.1 Å². The van der Waals surface area contributed by atoms with Crippen LogP contribution in [0.25, 0.3) is 0 Å². The van der Waals surface area contributed by atoms with Crippen molar-refractivity contribution in [1.82, 2.24) is 4.72 Å². The molecule has 0 aromatic heterocycles. The van der Waals surface area contributed by atoms with Gasteiger partial charge in [-0.2, -0.15) is 0 Å². The van der Waals surface area contributed by atoms with Gasteiger partial charge in [-0.25, -0.2) is 13.1 Å². The fourth-order valence-corrected chi connectivity index (χ4v) is 5.45. The van der Waals surface area contributed by atoms with E-state index in [1.54, 1.807) is 36.4 Å². The topological polar surface area (TPSA) is 102 Å². The summed E-state index contributed by atoms with van der Waals surface area (Å²) in [5.41, 5.74) is 2.39. The Morgan fingerprint density at radius 1 is 1.00 bits per heavy atom. The third kappa shape index (κ3) is 6.53. The smallest absolute Gasteiger partial charge is 0.257 e. The van der Waals surface area contributed by atoms with Gasteiger partial charge in [-0.1, -0.05) is 45.7 Å². The maximum atomic E-state index is 13.0. The fraction of sp³-hybridized carbons (Fsp3) is 0.231. The van der Waals surface area contributed by atoms with Gasteiger partial charge in [-0.15, -0.1) is 0 Å². The van der Waals surface area contributed by atoms with Gasteiger partial charge in [0.15, 0.2) is 5.78 Å². The number of carbonyl (C=O) groups is 2. The van der Waals surface area contributed by atoms with E-state index in [-0.39, 0.29) is 34.6 Å². The fourth-order valence-electron chi connectivity index (χ4n) is 3.62. The van der Waals surface area contributed by atoms with Crippen molar-refractivity contribution < 1.29 is 22.7 Å². The van der Waals surface area contributed by atoms with E-state index < -0.39 is 15.9 Å². The quantitative estimate of drug-likeness (QED) is 0.309. The number of ether oxygens (including phenoxy) is 1. The number of sulfonamides is 1. The number of amides is 1. The summed E-state index contributed by atoms with van der Waals surface area (Å²) < 4.78 is 33.1. The van der Waals surface area contributed by atoms with Gasteiger partial charge in [0, 0.05) is 23.1 Å². The monoisotopic (exact) mass is 590 g/mol. The van der Waals surface area contributed by atoms with E-state index >= 15 is 0 Å². The first kappa shape index (κ1) is 26.3. The number of benzene rings is 3. The number of anilines is 1. The maximum Gasteiger partial charge on any atom is 0.257 e. The van der Waals surface area contributed by atoms with Crippen LogP contribution < -0.4 is 14.8 Å². The zero-order chi connectivity index (χ0) is 25.9. The molecule has 0 unspecified atom stereocenters. The number of hydrogen-bond acceptors (Lipinski definition) is 5. The minimum atomic E-state index is -3.35. The van der Waals surface area contributed by atoms with Crippen LogP contribution in [-0.4, -0.2) is 32.5 Å². The summed E-state index contributed by atoms with van der Waals surface area (Å²) in [6.07, 6.45) is 1.50. The van der Waals surface area contributed by atoms with E-state index in [1.165, 1.54) is 7.11 Å². The molecule has 188 valence electrons. The Hall–Kier alpha value is -2.72. The highest BCUT2D eigenvalue weighted by Crippen LogP contribution is 2.28. The van der Waals surface area contributed by atoms with Crippen molar-refractivity contribution in [2.45, 2.75) is 31.1 Å². The summed E-state index contributed by atoms with van der Waals surface area (Å²) >= 11 is 9.64. The van der Waals surface area contributed by atoms with E-state index in [4.69, 9.17) is 16.3 Å². The molecule has 0 spiro atoms. The van der Waals surface area contributed by atoms with Crippen LogP contribution in [0.1, 0.15) is 44.7 Å². The second-order valence-corrected chi connectivity index (χ2v) is 11.8. The normalized spacial score (nSPS) is 13.3. The Kier molecular flexibility index (Phi) is 8.14. The summed E-state index contributed by atoms with van der Waals surface area (Å²) in [5.74, 6) is -0.241. The summed E-state index contributed by atoms with van der Waals surface area (Å²) in [6.45, 7) is 0.0630. The molecule has 1 aliphatic carbocycles. The van der Waals surface area contributed by atoms with Gasteiger partial charge >= 0.3 is 0 Å². The third-order valence-electron chi connectivity index (χ3n) is 5.75.